The summed E-state index contributed by atoms with van der Waals surface area (Å²) in [5, 5.41) is 0. The lowest BCUT2D eigenvalue weighted by molar-refractivity contribution is 0.00578. The molecule has 0 atom stereocenters. The van der Waals surface area contributed by atoms with Gasteiger partial charge in [0.05, 0.1) is 44.4 Å². The highest BCUT2D eigenvalue weighted by atomic mass is 16.7. The first-order valence-corrected chi connectivity index (χ1v) is 7.56. The first kappa shape index (κ1) is 17.7. The number of ether oxygens (including phenoxy) is 3. The minimum absolute atomic E-state index is 0.396. The van der Waals surface area contributed by atoms with Crippen LogP contribution in [0.4, 0.5) is 0 Å². The van der Waals surface area contributed by atoms with Gasteiger partial charge in [-0.15, -0.1) is 0 Å². The van der Waals surface area contributed by atoms with Gasteiger partial charge in [-0.3, -0.25) is 0 Å². The second-order valence-electron chi connectivity index (χ2n) is 6.47. The van der Waals surface area contributed by atoms with Crippen molar-refractivity contribution in [3.05, 3.63) is 24.0 Å². The second kappa shape index (κ2) is 6.45. The van der Waals surface area contributed by atoms with Crippen LogP contribution in [0.1, 0.15) is 33.3 Å². The molecular formula is C17H25BO5. The van der Waals surface area contributed by atoms with E-state index in [0.717, 1.165) is 11.0 Å². The quantitative estimate of drug-likeness (QED) is 0.616. The number of hydrogen-bond acceptors (Lipinski definition) is 5. The van der Waals surface area contributed by atoms with Crippen LogP contribution in [-0.4, -0.2) is 39.6 Å². The van der Waals surface area contributed by atoms with Gasteiger partial charge < -0.3 is 23.5 Å². The molecule has 0 unspecified atom stereocenters. The Morgan fingerprint density at radius 3 is 1.78 bits per heavy atom. The Balaban J connectivity index is 2.44. The van der Waals surface area contributed by atoms with Crippen molar-refractivity contribution in [2.75, 3.05) is 21.3 Å². The van der Waals surface area contributed by atoms with Crippen LogP contribution < -0.4 is 14.9 Å². The van der Waals surface area contributed by atoms with Crippen LogP contribution in [0.15, 0.2) is 18.4 Å². The highest BCUT2D eigenvalue weighted by Gasteiger charge is 2.52. The molecule has 23 heavy (non-hydrogen) atoms. The minimum atomic E-state index is -0.469. The zero-order chi connectivity index (χ0) is 17.3. The van der Waals surface area contributed by atoms with Crippen molar-refractivity contribution in [3.8, 4) is 11.5 Å². The standard InChI is InChI=1S/C17H25BO5/c1-16(2)17(3,4)23-18(22-16)12-10-14(20-6)13(8-9-19-5)15(11-12)21-7/h8-11H,1-7H3. The van der Waals surface area contributed by atoms with Crippen LogP contribution >= 0.6 is 0 Å². The van der Waals surface area contributed by atoms with Crippen molar-refractivity contribution in [3.63, 3.8) is 0 Å². The molecule has 5 nitrogen and oxygen atoms in total. The van der Waals surface area contributed by atoms with Crippen LogP contribution in [-0.2, 0) is 14.0 Å². The molecule has 0 radical (unpaired) electrons. The van der Waals surface area contributed by atoms with E-state index >= 15 is 0 Å². The summed E-state index contributed by atoms with van der Waals surface area (Å²) in [4.78, 5) is 0. The van der Waals surface area contributed by atoms with Gasteiger partial charge in [0.15, 0.2) is 0 Å². The first-order valence-electron chi connectivity index (χ1n) is 7.56. The fraction of sp³-hybridized carbons (Fsp3) is 0.529. The zero-order valence-corrected chi connectivity index (χ0v) is 14.9. The van der Waals surface area contributed by atoms with Gasteiger partial charge in [-0.1, -0.05) is 0 Å². The summed E-state index contributed by atoms with van der Waals surface area (Å²) in [6, 6.07) is 3.81. The lowest BCUT2D eigenvalue weighted by Gasteiger charge is -2.32. The van der Waals surface area contributed by atoms with Gasteiger partial charge in [0, 0.05) is 0 Å². The van der Waals surface area contributed by atoms with Crippen molar-refractivity contribution in [1.82, 2.24) is 0 Å². The smallest absolute Gasteiger partial charge is 0.495 e. The van der Waals surface area contributed by atoms with E-state index in [2.05, 4.69) is 0 Å². The molecule has 1 aliphatic heterocycles. The molecule has 0 spiro atoms. The highest BCUT2D eigenvalue weighted by Crippen LogP contribution is 2.37. The predicted octanol–water partition coefficient (Wildman–Crippen LogP) is 2.62. The molecule has 0 bridgehead atoms. The summed E-state index contributed by atoms with van der Waals surface area (Å²) in [7, 11) is 4.36. The molecule has 0 N–H and O–H groups in total. The lowest BCUT2D eigenvalue weighted by Crippen LogP contribution is -2.41. The molecule has 1 aliphatic rings. The molecule has 126 valence electrons. The van der Waals surface area contributed by atoms with E-state index in [1.54, 1.807) is 33.7 Å². The molecule has 0 aromatic heterocycles. The van der Waals surface area contributed by atoms with Crippen LogP contribution in [0, 0.1) is 0 Å². The third-order valence-corrected chi connectivity index (χ3v) is 4.46. The lowest BCUT2D eigenvalue weighted by atomic mass is 9.78. The summed E-state index contributed by atoms with van der Waals surface area (Å²) in [5.41, 5.74) is 0.864. The Labute approximate surface area is 138 Å². The second-order valence-corrected chi connectivity index (χ2v) is 6.47. The number of benzene rings is 1. The molecular weight excluding hydrogens is 295 g/mol. The molecule has 1 aromatic carbocycles. The van der Waals surface area contributed by atoms with Crippen molar-refractivity contribution in [2.24, 2.45) is 0 Å². The molecule has 2 rings (SSSR count). The Bertz CT molecular complexity index is 554. The van der Waals surface area contributed by atoms with Crippen molar-refractivity contribution < 1.29 is 23.5 Å². The van der Waals surface area contributed by atoms with E-state index in [4.69, 9.17) is 23.5 Å². The normalized spacial score (nSPS) is 19.2. The number of hydrogen-bond donors (Lipinski definition) is 0. The fourth-order valence-corrected chi connectivity index (χ4v) is 2.37. The van der Waals surface area contributed by atoms with Gasteiger partial charge in [0.1, 0.15) is 11.5 Å². The van der Waals surface area contributed by atoms with Gasteiger partial charge >= 0.3 is 7.12 Å². The predicted molar refractivity (Wildman–Crippen MR) is 91.3 cm³/mol. The fourth-order valence-electron chi connectivity index (χ4n) is 2.37. The third kappa shape index (κ3) is 3.33. The van der Waals surface area contributed by atoms with Crippen LogP contribution in [0.2, 0.25) is 0 Å². The molecule has 0 aliphatic carbocycles. The van der Waals surface area contributed by atoms with E-state index in [1.165, 1.54) is 0 Å². The van der Waals surface area contributed by atoms with Crippen molar-refractivity contribution in [2.45, 2.75) is 38.9 Å². The summed E-state index contributed by atoms with van der Waals surface area (Å²) in [5.74, 6) is 1.34. The van der Waals surface area contributed by atoms with Gasteiger partial charge in [0.2, 0.25) is 0 Å². The summed E-state index contributed by atoms with van der Waals surface area (Å²) in [6.45, 7) is 8.10. The molecule has 0 amide bonds. The summed E-state index contributed by atoms with van der Waals surface area (Å²) >= 11 is 0. The number of rotatable bonds is 5. The topological polar surface area (TPSA) is 46.2 Å². The van der Waals surface area contributed by atoms with E-state index in [0.29, 0.717) is 11.5 Å². The zero-order valence-electron chi connectivity index (χ0n) is 14.9. The largest absolute Gasteiger partial charge is 0.504 e. The van der Waals surface area contributed by atoms with E-state index < -0.39 is 18.3 Å². The van der Waals surface area contributed by atoms with Crippen molar-refractivity contribution >= 4 is 18.7 Å². The first-order chi connectivity index (χ1) is 10.8. The van der Waals surface area contributed by atoms with Gasteiger partial charge in [-0.05, 0) is 51.4 Å². The molecule has 1 fully saturated rings. The molecule has 0 saturated carbocycles. The molecule has 6 heteroatoms. The van der Waals surface area contributed by atoms with Crippen LogP contribution in [0.25, 0.3) is 6.08 Å². The van der Waals surface area contributed by atoms with E-state index in [9.17, 15) is 0 Å². The Kier molecular flexibility index (Phi) is 4.97. The SMILES string of the molecule is COC=Cc1c(OC)cc(B2OC(C)(C)C(C)(C)O2)cc1OC. The average molecular weight is 320 g/mol. The third-order valence-electron chi connectivity index (χ3n) is 4.46. The molecule has 1 aromatic rings. The van der Waals surface area contributed by atoms with Gasteiger partial charge in [-0.2, -0.15) is 0 Å². The molecule has 1 saturated heterocycles. The van der Waals surface area contributed by atoms with Crippen molar-refractivity contribution in [1.29, 1.82) is 0 Å². The van der Waals surface area contributed by atoms with Gasteiger partial charge in [-0.25, -0.2) is 0 Å². The monoisotopic (exact) mass is 320 g/mol. The minimum Gasteiger partial charge on any atom is -0.504 e. The maximum atomic E-state index is 6.09. The Hall–Kier alpha value is -1.66. The van der Waals surface area contributed by atoms with Crippen LogP contribution in [0.3, 0.4) is 0 Å². The van der Waals surface area contributed by atoms with E-state index in [1.807, 2.05) is 39.8 Å². The van der Waals surface area contributed by atoms with Gasteiger partial charge in [0.25, 0.3) is 0 Å². The van der Waals surface area contributed by atoms with E-state index in [-0.39, 0.29) is 0 Å². The summed E-state index contributed by atoms with van der Waals surface area (Å²) in [6.07, 6.45) is 3.38. The highest BCUT2D eigenvalue weighted by molar-refractivity contribution is 6.62. The number of methoxy groups -OCH3 is 3. The average Bonchev–Trinajstić information content (AvgIpc) is 2.72. The van der Waals surface area contributed by atoms with Crippen LogP contribution in [0.5, 0.6) is 11.5 Å². The summed E-state index contributed by atoms with van der Waals surface area (Å²) < 4.78 is 28.2. The Morgan fingerprint density at radius 1 is 0.913 bits per heavy atom. The molecule has 1 heterocycles. The maximum absolute atomic E-state index is 6.09. The maximum Gasteiger partial charge on any atom is 0.495 e. The Morgan fingerprint density at radius 2 is 1.39 bits per heavy atom.